The van der Waals surface area contributed by atoms with Crippen molar-refractivity contribution in [1.29, 1.82) is 5.26 Å². The van der Waals surface area contributed by atoms with Crippen molar-refractivity contribution < 1.29 is 17.6 Å². The fourth-order valence-corrected chi connectivity index (χ4v) is 2.98. The van der Waals surface area contributed by atoms with E-state index in [2.05, 4.69) is 36.4 Å². The predicted molar refractivity (Wildman–Crippen MR) is 105 cm³/mol. The summed E-state index contributed by atoms with van der Waals surface area (Å²) in [5.41, 5.74) is 0.0724. The second-order valence-electron chi connectivity index (χ2n) is 5.84. The Balaban J connectivity index is 1.95. The van der Waals surface area contributed by atoms with Crippen LogP contribution in [0.15, 0.2) is 56.8 Å². The Morgan fingerprint density at radius 3 is 2.57 bits per heavy atom. The zero-order valence-corrected chi connectivity index (χ0v) is 16.3. The van der Waals surface area contributed by atoms with Gasteiger partial charge in [-0.05, 0) is 12.1 Å². The standard InChI is InChI=1S/C19H10BrF4N5O/c20-12-6-11(15(21)14(7-12)19(22,23)24)9-26-29-18-27-16(10-4-2-1-3-5-10)13(8-25)17(30)28-18/h1-7,9H,(H2,27,28,29,30). The number of aromatic nitrogens is 2. The summed E-state index contributed by atoms with van der Waals surface area (Å²) in [6.45, 7) is 0. The maximum Gasteiger partial charge on any atom is 0.419 e. The number of hydrogen-bond donors (Lipinski definition) is 2. The van der Waals surface area contributed by atoms with Gasteiger partial charge in [0.1, 0.15) is 17.4 Å². The van der Waals surface area contributed by atoms with Gasteiger partial charge in [-0.2, -0.15) is 23.5 Å². The van der Waals surface area contributed by atoms with Crippen molar-refractivity contribution in [3.8, 4) is 17.3 Å². The fraction of sp³-hybridized carbons (Fsp3) is 0.0526. The van der Waals surface area contributed by atoms with Gasteiger partial charge in [0, 0.05) is 15.6 Å². The molecule has 1 aromatic heterocycles. The number of hydrazone groups is 1. The monoisotopic (exact) mass is 479 g/mol. The number of H-pyrrole nitrogens is 1. The highest BCUT2D eigenvalue weighted by molar-refractivity contribution is 9.10. The maximum absolute atomic E-state index is 14.2. The Labute approximate surface area is 175 Å². The first-order valence-electron chi connectivity index (χ1n) is 8.16. The first-order chi connectivity index (χ1) is 14.2. The van der Waals surface area contributed by atoms with Gasteiger partial charge in [0.15, 0.2) is 0 Å². The number of benzene rings is 2. The van der Waals surface area contributed by atoms with E-state index in [1.807, 2.05) is 0 Å². The van der Waals surface area contributed by atoms with Gasteiger partial charge < -0.3 is 0 Å². The summed E-state index contributed by atoms with van der Waals surface area (Å²) in [6, 6.07) is 11.9. The first kappa shape index (κ1) is 21.2. The summed E-state index contributed by atoms with van der Waals surface area (Å²) in [6.07, 6.45) is -4.07. The molecule has 0 atom stereocenters. The van der Waals surface area contributed by atoms with Gasteiger partial charge in [-0.25, -0.2) is 14.8 Å². The van der Waals surface area contributed by atoms with Crippen LogP contribution < -0.4 is 11.0 Å². The summed E-state index contributed by atoms with van der Waals surface area (Å²) in [4.78, 5) is 18.6. The van der Waals surface area contributed by atoms with E-state index in [0.717, 1.165) is 12.3 Å². The average Bonchev–Trinajstić information content (AvgIpc) is 2.69. The quantitative estimate of drug-likeness (QED) is 0.322. The highest BCUT2D eigenvalue weighted by atomic mass is 79.9. The van der Waals surface area contributed by atoms with Gasteiger partial charge in [-0.1, -0.05) is 46.3 Å². The number of rotatable bonds is 4. The van der Waals surface area contributed by atoms with Crippen molar-refractivity contribution in [1.82, 2.24) is 9.97 Å². The molecule has 0 spiro atoms. The molecule has 0 bridgehead atoms. The van der Waals surface area contributed by atoms with E-state index in [9.17, 15) is 27.6 Å². The van der Waals surface area contributed by atoms with Crippen LogP contribution in [-0.2, 0) is 6.18 Å². The Morgan fingerprint density at radius 1 is 1.23 bits per heavy atom. The molecule has 0 aliphatic carbocycles. The number of nitrogens with zero attached hydrogens (tertiary/aromatic N) is 3. The summed E-state index contributed by atoms with van der Waals surface area (Å²) < 4.78 is 52.9. The molecule has 1 heterocycles. The molecule has 3 rings (SSSR count). The first-order valence-corrected chi connectivity index (χ1v) is 8.95. The molecule has 30 heavy (non-hydrogen) atoms. The van der Waals surface area contributed by atoms with E-state index in [4.69, 9.17) is 0 Å². The van der Waals surface area contributed by atoms with Crippen LogP contribution in [-0.4, -0.2) is 16.2 Å². The Morgan fingerprint density at radius 2 is 1.93 bits per heavy atom. The van der Waals surface area contributed by atoms with Crippen molar-refractivity contribution in [2.45, 2.75) is 6.18 Å². The minimum absolute atomic E-state index is 0.00828. The third kappa shape index (κ3) is 4.55. The lowest BCUT2D eigenvalue weighted by molar-refractivity contribution is -0.140. The minimum Gasteiger partial charge on any atom is -0.290 e. The number of nitriles is 1. The highest BCUT2D eigenvalue weighted by Crippen LogP contribution is 2.34. The largest absolute Gasteiger partial charge is 0.419 e. The van der Waals surface area contributed by atoms with Crippen LogP contribution in [0.1, 0.15) is 16.7 Å². The number of anilines is 1. The lowest BCUT2D eigenvalue weighted by Crippen LogP contribution is -2.16. The summed E-state index contributed by atoms with van der Waals surface area (Å²) >= 11 is 2.90. The molecule has 2 aromatic carbocycles. The third-order valence-corrected chi connectivity index (χ3v) is 4.28. The SMILES string of the molecule is N#Cc1c(-c2ccccc2)nc(NN=Cc2cc(Br)cc(C(F)(F)F)c2F)[nH]c1=O. The normalized spacial score (nSPS) is 11.5. The topological polar surface area (TPSA) is 93.9 Å². The zero-order valence-electron chi connectivity index (χ0n) is 14.8. The minimum atomic E-state index is -4.88. The number of alkyl halides is 3. The Bertz CT molecular complexity index is 1220. The van der Waals surface area contributed by atoms with Crippen LogP contribution in [0.4, 0.5) is 23.5 Å². The number of hydrogen-bond acceptors (Lipinski definition) is 5. The van der Waals surface area contributed by atoms with Crippen LogP contribution in [0.25, 0.3) is 11.3 Å². The molecule has 2 N–H and O–H groups in total. The van der Waals surface area contributed by atoms with Gasteiger partial charge in [0.25, 0.3) is 5.56 Å². The van der Waals surface area contributed by atoms with Gasteiger partial charge >= 0.3 is 6.18 Å². The Hall–Kier alpha value is -3.52. The molecule has 0 amide bonds. The van der Waals surface area contributed by atoms with E-state index < -0.39 is 28.7 Å². The molecule has 11 heteroatoms. The van der Waals surface area contributed by atoms with Gasteiger partial charge in [0.05, 0.1) is 17.5 Å². The fourth-order valence-electron chi connectivity index (χ4n) is 2.51. The predicted octanol–water partition coefficient (Wildman–Crippen LogP) is 4.67. The molecule has 152 valence electrons. The molecule has 0 aliphatic heterocycles. The number of aromatic amines is 1. The molecule has 0 radical (unpaired) electrons. The van der Waals surface area contributed by atoms with Crippen LogP contribution >= 0.6 is 15.9 Å². The molecule has 0 aliphatic rings. The lowest BCUT2D eigenvalue weighted by Gasteiger charge is -2.10. The smallest absolute Gasteiger partial charge is 0.290 e. The molecular weight excluding hydrogens is 470 g/mol. The van der Waals surface area contributed by atoms with E-state index in [-0.39, 0.29) is 21.7 Å². The van der Waals surface area contributed by atoms with Crippen LogP contribution in [0.3, 0.4) is 0 Å². The molecule has 0 saturated heterocycles. The second-order valence-corrected chi connectivity index (χ2v) is 6.76. The van der Waals surface area contributed by atoms with Gasteiger partial charge in [-0.15, -0.1) is 0 Å². The summed E-state index contributed by atoms with van der Waals surface area (Å²) in [5, 5.41) is 12.9. The van der Waals surface area contributed by atoms with Crippen LogP contribution in [0.2, 0.25) is 0 Å². The van der Waals surface area contributed by atoms with Crippen molar-refractivity contribution in [2.75, 3.05) is 5.43 Å². The van der Waals surface area contributed by atoms with E-state index in [1.165, 1.54) is 0 Å². The molecule has 0 unspecified atom stereocenters. The third-order valence-electron chi connectivity index (χ3n) is 3.82. The average molecular weight is 480 g/mol. The van der Waals surface area contributed by atoms with Crippen LogP contribution in [0, 0.1) is 17.1 Å². The van der Waals surface area contributed by atoms with E-state index in [1.54, 1.807) is 36.4 Å². The number of nitrogens with one attached hydrogen (secondary N) is 2. The highest BCUT2D eigenvalue weighted by Gasteiger charge is 2.35. The van der Waals surface area contributed by atoms with E-state index in [0.29, 0.717) is 11.6 Å². The van der Waals surface area contributed by atoms with Crippen molar-refractivity contribution in [2.24, 2.45) is 5.10 Å². The van der Waals surface area contributed by atoms with E-state index >= 15 is 0 Å². The molecule has 0 saturated carbocycles. The van der Waals surface area contributed by atoms with Crippen molar-refractivity contribution in [3.05, 3.63) is 79.8 Å². The Kier molecular flexibility index (Phi) is 5.98. The zero-order chi connectivity index (χ0) is 21.9. The summed E-state index contributed by atoms with van der Waals surface area (Å²) in [7, 11) is 0. The maximum atomic E-state index is 14.2. The van der Waals surface area contributed by atoms with Gasteiger partial charge in [0.2, 0.25) is 5.95 Å². The van der Waals surface area contributed by atoms with Crippen molar-refractivity contribution >= 4 is 28.1 Å². The molecule has 3 aromatic rings. The van der Waals surface area contributed by atoms with Crippen LogP contribution in [0.5, 0.6) is 0 Å². The van der Waals surface area contributed by atoms with Gasteiger partial charge in [-0.3, -0.25) is 9.78 Å². The molecule has 6 nitrogen and oxygen atoms in total. The summed E-state index contributed by atoms with van der Waals surface area (Å²) in [5.74, 6) is -1.68. The molecular formula is C19H10BrF4N5O. The molecule has 0 fully saturated rings. The lowest BCUT2D eigenvalue weighted by atomic mass is 10.1. The number of halogens is 5. The van der Waals surface area contributed by atoms with Crippen molar-refractivity contribution in [3.63, 3.8) is 0 Å². The second kappa shape index (κ2) is 8.46.